The summed E-state index contributed by atoms with van der Waals surface area (Å²) in [6.07, 6.45) is 0.566. The van der Waals surface area contributed by atoms with E-state index in [-0.39, 0.29) is 25.5 Å². The lowest BCUT2D eigenvalue weighted by atomic mass is 9.74. The van der Waals surface area contributed by atoms with Gasteiger partial charge in [-0.3, -0.25) is 9.59 Å². The first-order valence-electron chi connectivity index (χ1n) is 6.28. The molecule has 1 aliphatic rings. The topological polar surface area (TPSA) is 55.4 Å². The summed E-state index contributed by atoms with van der Waals surface area (Å²) in [5.74, 6) is -0.921. The number of rotatable bonds is 3. The van der Waals surface area contributed by atoms with Gasteiger partial charge in [-0.05, 0) is 31.0 Å². The fourth-order valence-electron chi connectivity index (χ4n) is 2.35. The van der Waals surface area contributed by atoms with Gasteiger partial charge in [-0.1, -0.05) is 12.1 Å². The molecule has 1 aromatic rings. The number of nitrogens with one attached hydrogen (secondary N) is 1. The fraction of sp³-hybridized carbons (Fsp3) is 0.429. The van der Waals surface area contributed by atoms with Gasteiger partial charge < -0.3 is 10.1 Å². The van der Waals surface area contributed by atoms with E-state index in [2.05, 4.69) is 5.32 Å². The zero-order valence-electron chi connectivity index (χ0n) is 10.7. The number of carbonyl (C=O) groups excluding carboxylic acids is 2. The minimum absolute atomic E-state index is 0.101. The van der Waals surface area contributed by atoms with Crippen molar-refractivity contribution in [3.05, 3.63) is 35.6 Å². The van der Waals surface area contributed by atoms with Crippen molar-refractivity contribution in [2.24, 2.45) is 0 Å². The summed E-state index contributed by atoms with van der Waals surface area (Å²) < 4.78 is 18.5. The van der Waals surface area contributed by atoms with E-state index >= 15 is 0 Å². The van der Waals surface area contributed by atoms with Crippen molar-refractivity contribution in [3.63, 3.8) is 0 Å². The third kappa shape index (κ3) is 2.59. The lowest BCUT2D eigenvalue weighted by Gasteiger charge is -2.35. The van der Waals surface area contributed by atoms with Crippen LogP contribution in [-0.2, 0) is 19.7 Å². The number of amides is 1. The van der Waals surface area contributed by atoms with E-state index < -0.39 is 17.2 Å². The Morgan fingerprint density at radius 2 is 2.32 bits per heavy atom. The van der Waals surface area contributed by atoms with Gasteiger partial charge in [0.15, 0.2) is 0 Å². The monoisotopic (exact) mass is 265 g/mol. The molecule has 1 saturated heterocycles. The summed E-state index contributed by atoms with van der Waals surface area (Å²) >= 11 is 0. The summed E-state index contributed by atoms with van der Waals surface area (Å²) in [6.45, 7) is 2.12. The van der Waals surface area contributed by atoms with Crippen LogP contribution in [0, 0.1) is 5.82 Å². The second-order valence-electron chi connectivity index (χ2n) is 4.59. The van der Waals surface area contributed by atoms with Crippen molar-refractivity contribution in [3.8, 4) is 0 Å². The molecule has 5 heteroatoms. The van der Waals surface area contributed by atoms with Gasteiger partial charge in [0.2, 0.25) is 5.91 Å². The van der Waals surface area contributed by atoms with Gasteiger partial charge in [0.05, 0.1) is 6.61 Å². The minimum Gasteiger partial charge on any atom is -0.465 e. The molecule has 1 aromatic carbocycles. The van der Waals surface area contributed by atoms with Crippen LogP contribution < -0.4 is 5.32 Å². The Labute approximate surface area is 110 Å². The maximum absolute atomic E-state index is 13.4. The molecule has 4 nitrogen and oxygen atoms in total. The maximum atomic E-state index is 13.4. The number of halogens is 1. The molecule has 102 valence electrons. The molecule has 0 aromatic heterocycles. The summed E-state index contributed by atoms with van der Waals surface area (Å²) in [4.78, 5) is 23.5. The number of hydrogen-bond donors (Lipinski definition) is 1. The molecule has 0 bridgehead atoms. The van der Waals surface area contributed by atoms with Gasteiger partial charge in [-0.2, -0.15) is 0 Å². The normalized spacial score (nSPS) is 22.7. The summed E-state index contributed by atoms with van der Waals surface area (Å²) in [5.41, 5.74) is -0.433. The summed E-state index contributed by atoms with van der Waals surface area (Å²) in [6, 6.07) is 5.90. The third-order valence-electron chi connectivity index (χ3n) is 3.41. The Morgan fingerprint density at radius 3 is 2.89 bits per heavy atom. The molecule has 1 unspecified atom stereocenters. The third-order valence-corrected chi connectivity index (χ3v) is 3.41. The van der Waals surface area contributed by atoms with E-state index in [4.69, 9.17) is 4.74 Å². The highest BCUT2D eigenvalue weighted by atomic mass is 19.1. The van der Waals surface area contributed by atoms with E-state index in [1.54, 1.807) is 19.1 Å². The van der Waals surface area contributed by atoms with Crippen LogP contribution in [0.3, 0.4) is 0 Å². The van der Waals surface area contributed by atoms with Crippen molar-refractivity contribution >= 4 is 11.9 Å². The standard InChI is InChI=1S/C14H16FNO3/c1-2-19-13(18)14(7-6-12(17)16-9-14)10-4-3-5-11(15)8-10/h3-5,8H,2,6-7,9H2,1H3,(H,16,17). The van der Waals surface area contributed by atoms with E-state index in [0.29, 0.717) is 12.0 Å². The van der Waals surface area contributed by atoms with E-state index in [9.17, 15) is 14.0 Å². The molecule has 1 N–H and O–H groups in total. The Hall–Kier alpha value is -1.91. The van der Waals surface area contributed by atoms with Gasteiger partial charge in [0.25, 0.3) is 0 Å². The van der Waals surface area contributed by atoms with E-state index in [1.165, 1.54) is 12.1 Å². The van der Waals surface area contributed by atoms with Crippen LogP contribution >= 0.6 is 0 Å². The van der Waals surface area contributed by atoms with Crippen LogP contribution in [0.25, 0.3) is 0 Å². The average Bonchev–Trinajstić information content (AvgIpc) is 2.40. The van der Waals surface area contributed by atoms with Crippen molar-refractivity contribution in [1.82, 2.24) is 5.32 Å². The van der Waals surface area contributed by atoms with Crippen molar-refractivity contribution in [1.29, 1.82) is 0 Å². The molecule has 0 radical (unpaired) electrons. The van der Waals surface area contributed by atoms with Crippen molar-refractivity contribution in [2.45, 2.75) is 25.2 Å². The van der Waals surface area contributed by atoms with Crippen LogP contribution in [0.1, 0.15) is 25.3 Å². The first-order chi connectivity index (χ1) is 9.08. The highest BCUT2D eigenvalue weighted by molar-refractivity contribution is 5.88. The van der Waals surface area contributed by atoms with E-state index in [0.717, 1.165) is 0 Å². The minimum atomic E-state index is -0.980. The number of carbonyl (C=O) groups is 2. The maximum Gasteiger partial charge on any atom is 0.318 e. The van der Waals surface area contributed by atoms with Crippen LogP contribution in [0.15, 0.2) is 24.3 Å². The zero-order chi connectivity index (χ0) is 13.9. The molecule has 2 rings (SSSR count). The Balaban J connectivity index is 2.39. The molecule has 1 amide bonds. The van der Waals surface area contributed by atoms with Crippen LogP contribution in [-0.4, -0.2) is 25.0 Å². The highest BCUT2D eigenvalue weighted by Gasteiger charge is 2.44. The lowest BCUT2D eigenvalue weighted by Crippen LogP contribution is -2.51. The SMILES string of the molecule is CCOC(=O)C1(c2cccc(F)c2)CCC(=O)NC1. The number of ether oxygens (including phenoxy) is 1. The Bertz CT molecular complexity index is 491. The van der Waals surface area contributed by atoms with Gasteiger partial charge in [-0.15, -0.1) is 0 Å². The largest absolute Gasteiger partial charge is 0.465 e. The number of esters is 1. The molecule has 1 atom stereocenters. The van der Waals surface area contributed by atoms with Crippen LogP contribution in [0.5, 0.6) is 0 Å². The predicted octanol–water partition coefficient (Wildman–Crippen LogP) is 1.54. The average molecular weight is 265 g/mol. The van der Waals surface area contributed by atoms with Gasteiger partial charge in [0.1, 0.15) is 11.2 Å². The zero-order valence-corrected chi connectivity index (χ0v) is 10.7. The number of benzene rings is 1. The van der Waals surface area contributed by atoms with Crippen molar-refractivity contribution < 1.29 is 18.7 Å². The Kier molecular flexibility index (Phi) is 3.83. The lowest BCUT2D eigenvalue weighted by molar-refractivity contribution is -0.151. The molecular weight excluding hydrogens is 249 g/mol. The first-order valence-corrected chi connectivity index (χ1v) is 6.28. The van der Waals surface area contributed by atoms with Crippen LogP contribution in [0.4, 0.5) is 4.39 Å². The highest BCUT2D eigenvalue weighted by Crippen LogP contribution is 2.33. The molecule has 1 heterocycles. The predicted molar refractivity (Wildman–Crippen MR) is 67.0 cm³/mol. The van der Waals surface area contributed by atoms with Gasteiger partial charge in [0, 0.05) is 13.0 Å². The molecule has 0 spiro atoms. The van der Waals surface area contributed by atoms with Gasteiger partial charge >= 0.3 is 5.97 Å². The van der Waals surface area contributed by atoms with Crippen LogP contribution in [0.2, 0.25) is 0 Å². The molecule has 0 saturated carbocycles. The van der Waals surface area contributed by atoms with Crippen molar-refractivity contribution in [2.75, 3.05) is 13.2 Å². The van der Waals surface area contributed by atoms with Gasteiger partial charge in [-0.25, -0.2) is 4.39 Å². The quantitative estimate of drug-likeness (QED) is 0.843. The molecular formula is C14H16FNO3. The molecule has 19 heavy (non-hydrogen) atoms. The molecule has 0 aliphatic carbocycles. The van der Waals surface area contributed by atoms with E-state index in [1.807, 2.05) is 0 Å². The number of piperidine rings is 1. The smallest absolute Gasteiger partial charge is 0.318 e. The molecule has 1 fully saturated rings. The second kappa shape index (κ2) is 5.38. The summed E-state index contributed by atoms with van der Waals surface area (Å²) in [7, 11) is 0. The number of hydrogen-bond acceptors (Lipinski definition) is 3. The second-order valence-corrected chi connectivity index (χ2v) is 4.59. The fourth-order valence-corrected chi connectivity index (χ4v) is 2.35. The first kappa shape index (κ1) is 13.5. The summed E-state index contributed by atoms with van der Waals surface area (Å²) in [5, 5.41) is 2.67. The molecule has 1 aliphatic heterocycles. The Morgan fingerprint density at radius 1 is 1.53 bits per heavy atom.